The molecule has 1 atom stereocenters. The van der Waals surface area contributed by atoms with Gasteiger partial charge in [0.1, 0.15) is 13.2 Å². The predicted octanol–water partition coefficient (Wildman–Crippen LogP) is 2.63. The van der Waals surface area contributed by atoms with Crippen molar-refractivity contribution in [1.82, 2.24) is 5.32 Å². The molecule has 0 bridgehead atoms. The van der Waals surface area contributed by atoms with Gasteiger partial charge in [-0.05, 0) is 36.6 Å². The van der Waals surface area contributed by atoms with Gasteiger partial charge in [0.15, 0.2) is 11.5 Å². The molecule has 1 aliphatic heterocycles. The Balaban J connectivity index is 1.99. The van der Waals surface area contributed by atoms with Gasteiger partial charge in [0.2, 0.25) is 5.91 Å². The summed E-state index contributed by atoms with van der Waals surface area (Å²) in [6.45, 7) is 7.30. The second-order valence-electron chi connectivity index (χ2n) is 5.28. The van der Waals surface area contributed by atoms with Gasteiger partial charge in [0.25, 0.3) is 0 Å². The highest BCUT2D eigenvalue weighted by atomic mass is 16.6. The third-order valence-corrected chi connectivity index (χ3v) is 3.36. The van der Waals surface area contributed by atoms with Crippen molar-refractivity contribution >= 4 is 12.0 Å². The highest BCUT2D eigenvalue weighted by Crippen LogP contribution is 2.31. The number of rotatable bonds is 4. The largest absolute Gasteiger partial charge is 0.486 e. The van der Waals surface area contributed by atoms with Gasteiger partial charge in [-0.1, -0.05) is 19.9 Å². The Morgan fingerprint density at radius 1 is 1.20 bits per heavy atom. The van der Waals surface area contributed by atoms with Crippen LogP contribution in [0.25, 0.3) is 6.08 Å². The molecule has 0 spiro atoms. The number of fused-ring (bicyclic) bond motifs is 1. The van der Waals surface area contributed by atoms with Gasteiger partial charge in [-0.3, -0.25) is 4.79 Å². The monoisotopic (exact) mass is 275 g/mol. The zero-order valence-corrected chi connectivity index (χ0v) is 12.2. The van der Waals surface area contributed by atoms with Crippen LogP contribution in [0, 0.1) is 5.92 Å². The van der Waals surface area contributed by atoms with Crippen molar-refractivity contribution in [2.45, 2.75) is 26.8 Å². The zero-order chi connectivity index (χ0) is 14.5. The van der Waals surface area contributed by atoms with E-state index in [9.17, 15) is 4.79 Å². The van der Waals surface area contributed by atoms with Crippen LogP contribution in [0.15, 0.2) is 24.3 Å². The molecule has 4 nitrogen and oxygen atoms in total. The molecule has 2 rings (SSSR count). The summed E-state index contributed by atoms with van der Waals surface area (Å²) >= 11 is 0. The minimum absolute atomic E-state index is 0.0823. The van der Waals surface area contributed by atoms with E-state index in [1.807, 2.05) is 25.1 Å². The third-order valence-electron chi connectivity index (χ3n) is 3.36. The Morgan fingerprint density at radius 2 is 1.90 bits per heavy atom. The van der Waals surface area contributed by atoms with Crippen molar-refractivity contribution in [3.8, 4) is 11.5 Å². The van der Waals surface area contributed by atoms with E-state index in [4.69, 9.17) is 9.47 Å². The lowest BCUT2D eigenvalue weighted by Gasteiger charge is -2.18. The van der Waals surface area contributed by atoms with Crippen LogP contribution in [-0.2, 0) is 4.79 Å². The van der Waals surface area contributed by atoms with Gasteiger partial charge in [-0.2, -0.15) is 0 Å². The molecule has 0 saturated carbocycles. The molecule has 4 heteroatoms. The van der Waals surface area contributed by atoms with Crippen LogP contribution >= 0.6 is 0 Å². The highest BCUT2D eigenvalue weighted by Gasteiger charge is 2.11. The molecule has 0 fully saturated rings. The number of benzene rings is 1. The summed E-state index contributed by atoms with van der Waals surface area (Å²) in [7, 11) is 0. The first kappa shape index (κ1) is 14.4. The van der Waals surface area contributed by atoms with E-state index in [2.05, 4.69) is 19.2 Å². The molecule has 1 N–H and O–H groups in total. The van der Waals surface area contributed by atoms with Crippen LogP contribution in [0.4, 0.5) is 0 Å². The average Bonchev–Trinajstić information content (AvgIpc) is 2.44. The minimum Gasteiger partial charge on any atom is -0.486 e. The molecule has 1 aliphatic rings. The summed E-state index contributed by atoms with van der Waals surface area (Å²) in [4.78, 5) is 11.8. The number of carbonyl (C=O) groups is 1. The predicted molar refractivity (Wildman–Crippen MR) is 78.9 cm³/mol. The molecule has 1 heterocycles. The fourth-order valence-corrected chi connectivity index (χ4v) is 1.77. The molecule has 1 aromatic rings. The molecule has 1 unspecified atom stereocenters. The van der Waals surface area contributed by atoms with Crippen molar-refractivity contribution < 1.29 is 14.3 Å². The van der Waals surface area contributed by atoms with Crippen molar-refractivity contribution in [2.24, 2.45) is 5.92 Å². The molecule has 0 saturated heterocycles. The summed E-state index contributed by atoms with van der Waals surface area (Å²) in [5.74, 6) is 1.82. The average molecular weight is 275 g/mol. The van der Waals surface area contributed by atoms with Gasteiger partial charge in [-0.25, -0.2) is 0 Å². The maximum absolute atomic E-state index is 11.8. The van der Waals surface area contributed by atoms with Gasteiger partial charge in [-0.15, -0.1) is 0 Å². The molecule has 20 heavy (non-hydrogen) atoms. The molecule has 1 aromatic carbocycles. The summed E-state index contributed by atoms with van der Waals surface area (Å²) in [6.07, 6.45) is 3.32. The number of hydrogen-bond donors (Lipinski definition) is 1. The van der Waals surface area contributed by atoms with E-state index >= 15 is 0 Å². The molecular formula is C16H21NO3. The molecule has 0 aliphatic carbocycles. The maximum atomic E-state index is 11.8. The summed E-state index contributed by atoms with van der Waals surface area (Å²) in [5.41, 5.74) is 0.918. The normalized spacial score (nSPS) is 15.4. The Hall–Kier alpha value is -1.97. The van der Waals surface area contributed by atoms with Crippen LogP contribution in [0.1, 0.15) is 26.3 Å². The maximum Gasteiger partial charge on any atom is 0.244 e. The van der Waals surface area contributed by atoms with Crippen molar-refractivity contribution in [3.05, 3.63) is 29.8 Å². The number of carbonyl (C=O) groups excluding carboxylic acids is 1. The number of ether oxygens (including phenoxy) is 2. The van der Waals surface area contributed by atoms with Crippen LogP contribution in [0.2, 0.25) is 0 Å². The zero-order valence-electron chi connectivity index (χ0n) is 12.2. The van der Waals surface area contributed by atoms with E-state index in [-0.39, 0.29) is 11.9 Å². The first-order valence-corrected chi connectivity index (χ1v) is 6.94. The van der Waals surface area contributed by atoms with Crippen molar-refractivity contribution in [2.75, 3.05) is 13.2 Å². The van der Waals surface area contributed by atoms with E-state index in [1.165, 1.54) is 0 Å². The smallest absolute Gasteiger partial charge is 0.244 e. The fraction of sp³-hybridized carbons (Fsp3) is 0.438. The molecular weight excluding hydrogens is 254 g/mol. The van der Waals surface area contributed by atoms with Crippen LogP contribution in [-0.4, -0.2) is 25.2 Å². The first-order chi connectivity index (χ1) is 9.56. The molecule has 108 valence electrons. The standard InChI is InChI=1S/C16H21NO3/c1-11(2)12(3)17-16(18)7-5-13-4-6-14-15(10-13)20-9-8-19-14/h4-7,10-12H,8-9H2,1-3H3,(H,17,18). The van der Waals surface area contributed by atoms with Gasteiger partial charge < -0.3 is 14.8 Å². The number of amides is 1. The summed E-state index contributed by atoms with van der Waals surface area (Å²) < 4.78 is 11.0. The third kappa shape index (κ3) is 3.76. The Morgan fingerprint density at radius 3 is 2.60 bits per heavy atom. The number of nitrogens with one attached hydrogen (secondary N) is 1. The summed E-state index contributed by atoms with van der Waals surface area (Å²) in [6, 6.07) is 5.81. The van der Waals surface area contributed by atoms with E-state index in [0.717, 1.165) is 17.1 Å². The van der Waals surface area contributed by atoms with Crippen LogP contribution in [0.5, 0.6) is 11.5 Å². The SMILES string of the molecule is CC(C)C(C)NC(=O)C=Cc1ccc2c(c1)OCCO2. The second-order valence-corrected chi connectivity index (χ2v) is 5.28. The first-order valence-electron chi connectivity index (χ1n) is 6.94. The highest BCUT2D eigenvalue weighted by molar-refractivity contribution is 5.92. The lowest BCUT2D eigenvalue weighted by molar-refractivity contribution is -0.117. The van der Waals surface area contributed by atoms with Gasteiger partial charge in [0, 0.05) is 12.1 Å². The van der Waals surface area contributed by atoms with Crippen LogP contribution < -0.4 is 14.8 Å². The van der Waals surface area contributed by atoms with Crippen molar-refractivity contribution in [3.63, 3.8) is 0 Å². The Bertz CT molecular complexity index is 508. The quantitative estimate of drug-likeness (QED) is 0.859. The van der Waals surface area contributed by atoms with E-state index in [0.29, 0.717) is 19.1 Å². The van der Waals surface area contributed by atoms with E-state index in [1.54, 1.807) is 12.2 Å². The Kier molecular flexibility index (Phi) is 4.66. The molecule has 1 amide bonds. The van der Waals surface area contributed by atoms with E-state index < -0.39 is 0 Å². The van der Waals surface area contributed by atoms with Crippen LogP contribution in [0.3, 0.4) is 0 Å². The second kappa shape index (κ2) is 6.46. The summed E-state index contributed by atoms with van der Waals surface area (Å²) in [5, 5.41) is 2.93. The van der Waals surface area contributed by atoms with Gasteiger partial charge >= 0.3 is 0 Å². The number of hydrogen-bond acceptors (Lipinski definition) is 3. The fourth-order valence-electron chi connectivity index (χ4n) is 1.77. The lowest BCUT2D eigenvalue weighted by Crippen LogP contribution is -2.34. The molecule has 0 aromatic heterocycles. The van der Waals surface area contributed by atoms with Crippen molar-refractivity contribution in [1.29, 1.82) is 0 Å². The lowest BCUT2D eigenvalue weighted by atomic mass is 10.1. The minimum atomic E-state index is -0.0823. The Labute approximate surface area is 119 Å². The molecule has 0 radical (unpaired) electrons. The van der Waals surface area contributed by atoms with Gasteiger partial charge in [0.05, 0.1) is 0 Å². The topological polar surface area (TPSA) is 47.6 Å².